The fourth-order valence-corrected chi connectivity index (χ4v) is 3.73. The van der Waals surface area contributed by atoms with E-state index in [2.05, 4.69) is 25.9 Å². The maximum absolute atomic E-state index is 14.1. The second-order valence-corrected chi connectivity index (χ2v) is 7.81. The Hall–Kier alpha value is -4.05. The third kappa shape index (κ3) is 5.07. The fraction of sp³-hybridized carbons (Fsp3) is 0.0870. The van der Waals surface area contributed by atoms with E-state index < -0.39 is 17.7 Å². The molecule has 0 aliphatic rings. The molecule has 3 N–H and O–H groups in total. The van der Waals surface area contributed by atoms with Crippen LogP contribution in [-0.4, -0.2) is 23.1 Å². The standard InChI is InChI=1S/C23H19F2N5O2S/c1-13-5-6-15(27-22(31)28-16-7-8-19(32-2)21(25)20(16)24)10-17(13)29-23-30-18(12-33-23)14-4-3-9-26-11-14/h3-12H,1-2H3,(H,29,30)(H2,27,28,31). The smallest absolute Gasteiger partial charge is 0.323 e. The number of urea groups is 1. The van der Waals surface area contributed by atoms with Gasteiger partial charge in [0.2, 0.25) is 5.82 Å². The van der Waals surface area contributed by atoms with Crippen molar-refractivity contribution in [2.45, 2.75) is 6.92 Å². The van der Waals surface area contributed by atoms with Crippen LogP contribution in [0.4, 0.5) is 35.8 Å². The lowest BCUT2D eigenvalue weighted by molar-refractivity contribution is 0.262. The molecule has 4 aromatic rings. The van der Waals surface area contributed by atoms with E-state index in [1.807, 2.05) is 30.5 Å². The number of hydrogen-bond acceptors (Lipinski definition) is 6. The van der Waals surface area contributed by atoms with Crippen LogP contribution < -0.4 is 20.7 Å². The second-order valence-electron chi connectivity index (χ2n) is 6.96. The van der Waals surface area contributed by atoms with E-state index in [1.54, 1.807) is 24.5 Å². The average Bonchev–Trinajstić information content (AvgIpc) is 3.28. The van der Waals surface area contributed by atoms with Crippen molar-refractivity contribution in [1.82, 2.24) is 9.97 Å². The molecule has 0 unspecified atom stereocenters. The van der Waals surface area contributed by atoms with Crippen LogP contribution in [0, 0.1) is 18.6 Å². The summed E-state index contributed by atoms with van der Waals surface area (Å²) in [5, 5.41) is 10.8. The SMILES string of the molecule is COc1ccc(NC(=O)Nc2ccc(C)c(Nc3nc(-c4cccnc4)cs3)c2)c(F)c1F. The molecule has 168 valence electrons. The summed E-state index contributed by atoms with van der Waals surface area (Å²) in [5.41, 5.74) is 3.54. The number of carbonyl (C=O) groups excluding carboxylic acids is 1. The lowest BCUT2D eigenvalue weighted by Crippen LogP contribution is -2.20. The van der Waals surface area contributed by atoms with Gasteiger partial charge in [0.15, 0.2) is 16.7 Å². The number of halogens is 2. The van der Waals surface area contributed by atoms with Gasteiger partial charge in [-0.05, 0) is 48.9 Å². The zero-order valence-electron chi connectivity index (χ0n) is 17.6. The number of anilines is 4. The van der Waals surface area contributed by atoms with Crippen LogP contribution in [0.3, 0.4) is 0 Å². The fourth-order valence-electron chi connectivity index (χ4n) is 3.00. The second kappa shape index (κ2) is 9.61. The molecule has 0 aliphatic heterocycles. The summed E-state index contributed by atoms with van der Waals surface area (Å²) in [6, 6.07) is 10.8. The zero-order chi connectivity index (χ0) is 23.4. The van der Waals surface area contributed by atoms with Crippen LogP contribution >= 0.6 is 11.3 Å². The molecular weight excluding hydrogens is 448 g/mol. The molecule has 0 spiro atoms. The summed E-state index contributed by atoms with van der Waals surface area (Å²) < 4.78 is 32.7. The number of aromatic nitrogens is 2. The van der Waals surface area contributed by atoms with Gasteiger partial charge in [-0.2, -0.15) is 4.39 Å². The molecule has 2 amide bonds. The maximum Gasteiger partial charge on any atom is 0.323 e. The molecule has 33 heavy (non-hydrogen) atoms. The van der Waals surface area contributed by atoms with Crippen LogP contribution in [-0.2, 0) is 0 Å². The average molecular weight is 468 g/mol. The summed E-state index contributed by atoms with van der Waals surface area (Å²) in [5.74, 6) is -2.63. The molecule has 0 radical (unpaired) electrons. The Balaban J connectivity index is 1.46. The lowest BCUT2D eigenvalue weighted by Gasteiger charge is -2.12. The van der Waals surface area contributed by atoms with E-state index in [9.17, 15) is 13.6 Å². The van der Waals surface area contributed by atoms with Gasteiger partial charge < -0.3 is 20.7 Å². The van der Waals surface area contributed by atoms with E-state index in [4.69, 9.17) is 4.74 Å². The third-order valence-corrected chi connectivity index (χ3v) is 5.47. The number of pyridine rings is 1. The van der Waals surface area contributed by atoms with Crippen LogP contribution in [0.15, 0.2) is 60.2 Å². The number of benzene rings is 2. The first-order chi connectivity index (χ1) is 15.9. The van der Waals surface area contributed by atoms with Crippen LogP contribution in [0.5, 0.6) is 5.75 Å². The molecule has 2 heterocycles. The summed E-state index contributed by atoms with van der Waals surface area (Å²) in [6.07, 6.45) is 3.44. The number of carbonyl (C=O) groups is 1. The Morgan fingerprint density at radius 3 is 2.67 bits per heavy atom. The minimum atomic E-state index is -1.20. The minimum absolute atomic E-state index is 0.249. The third-order valence-electron chi connectivity index (χ3n) is 4.71. The van der Waals surface area contributed by atoms with Gasteiger partial charge in [-0.15, -0.1) is 11.3 Å². The first-order valence-corrected chi connectivity index (χ1v) is 10.7. The van der Waals surface area contributed by atoms with E-state index in [0.717, 1.165) is 22.5 Å². The van der Waals surface area contributed by atoms with Crippen molar-refractivity contribution in [3.8, 4) is 17.0 Å². The van der Waals surface area contributed by atoms with Crippen molar-refractivity contribution in [2.75, 3.05) is 23.1 Å². The summed E-state index contributed by atoms with van der Waals surface area (Å²) in [4.78, 5) is 21.0. The molecule has 2 aromatic carbocycles. The van der Waals surface area contributed by atoms with E-state index in [1.165, 1.54) is 30.6 Å². The van der Waals surface area contributed by atoms with Gasteiger partial charge in [0.05, 0.1) is 18.5 Å². The maximum atomic E-state index is 14.1. The van der Waals surface area contributed by atoms with Crippen molar-refractivity contribution >= 4 is 39.6 Å². The normalized spacial score (nSPS) is 10.5. The Labute approximate surface area is 192 Å². The van der Waals surface area contributed by atoms with E-state index in [-0.39, 0.29) is 11.4 Å². The Morgan fingerprint density at radius 2 is 1.91 bits per heavy atom. The molecule has 0 atom stereocenters. The molecule has 4 rings (SSSR count). The number of nitrogens with one attached hydrogen (secondary N) is 3. The molecule has 0 aliphatic carbocycles. The van der Waals surface area contributed by atoms with E-state index >= 15 is 0 Å². The van der Waals surface area contributed by atoms with Gasteiger partial charge in [0.25, 0.3) is 0 Å². The van der Waals surface area contributed by atoms with Gasteiger partial charge >= 0.3 is 6.03 Å². The molecule has 2 aromatic heterocycles. The number of ether oxygens (including phenoxy) is 1. The number of thiazole rings is 1. The van der Waals surface area contributed by atoms with Crippen LogP contribution in [0.25, 0.3) is 11.3 Å². The number of hydrogen-bond donors (Lipinski definition) is 3. The number of nitrogens with zero attached hydrogens (tertiary/aromatic N) is 2. The highest BCUT2D eigenvalue weighted by Gasteiger charge is 2.16. The Bertz CT molecular complexity index is 1300. The van der Waals surface area contributed by atoms with Crippen molar-refractivity contribution < 1.29 is 18.3 Å². The highest BCUT2D eigenvalue weighted by atomic mass is 32.1. The molecule has 0 bridgehead atoms. The van der Waals surface area contributed by atoms with Gasteiger partial charge in [0, 0.05) is 34.7 Å². The number of amides is 2. The number of aryl methyl sites for hydroxylation is 1. The number of rotatable bonds is 6. The van der Waals surface area contributed by atoms with Gasteiger partial charge in [-0.1, -0.05) is 6.07 Å². The molecular formula is C23H19F2N5O2S. The largest absolute Gasteiger partial charge is 0.494 e. The summed E-state index contributed by atoms with van der Waals surface area (Å²) in [7, 11) is 1.23. The topological polar surface area (TPSA) is 88.2 Å². The number of methoxy groups -OCH3 is 1. The van der Waals surface area contributed by atoms with Crippen molar-refractivity contribution in [3.63, 3.8) is 0 Å². The first kappa shape index (κ1) is 22.2. The van der Waals surface area contributed by atoms with Crippen molar-refractivity contribution in [1.29, 1.82) is 0 Å². The Kier molecular flexibility index (Phi) is 6.45. The van der Waals surface area contributed by atoms with Crippen LogP contribution in [0.1, 0.15) is 5.56 Å². The zero-order valence-corrected chi connectivity index (χ0v) is 18.5. The van der Waals surface area contributed by atoms with Gasteiger partial charge in [-0.25, -0.2) is 14.2 Å². The predicted octanol–water partition coefficient (Wildman–Crippen LogP) is 6.19. The van der Waals surface area contributed by atoms with Crippen molar-refractivity contribution in [3.05, 3.63) is 77.4 Å². The molecule has 0 saturated heterocycles. The van der Waals surface area contributed by atoms with E-state index in [0.29, 0.717) is 10.8 Å². The molecule has 0 saturated carbocycles. The lowest BCUT2D eigenvalue weighted by atomic mass is 10.2. The van der Waals surface area contributed by atoms with Crippen molar-refractivity contribution in [2.24, 2.45) is 0 Å². The quantitative estimate of drug-likeness (QED) is 0.315. The van der Waals surface area contributed by atoms with Crippen LogP contribution in [0.2, 0.25) is 0 Å². The highest BCUT2D eigenvalue weighted by molar-refractivity contribution is 7.14. The molecule has 0 fully saturated rings. The first-order valence-electron chi connectivity index (χ1n) is 9.78. The van der Waals surface area contributed by atoms with Gasteiger partial charge in [-0.3, -0.25) is 4.98 Å². The highest BCUT2D eigenvalue weighted by Crippen LogP contribution is 2.30. The Morgan fingerprint density at radius 1 is 1.06 bits per heavy atom. The summed E-state index contributed by atoms with van der Waals surface area (Å²) >= 11 is 1.44. The van der Waals surface area contributed by atoms with Gasteiger partial charge in [0.1, 0.15) is 0 Å². The molecule has 10 heteroatoms. The molecule has 7 nitrogen and oxygen atoms in total. The minimum Gasteiger partial charge on any atom is -0.494 e. The monoisotopic (exact) mass is 467 g/mol. The predicted molar refractivity (Wildman–Crippen MR) is 125 cm³/mol. The summed E-state index contributed by atoms with van der Waals surface area (Å²) in [6.45, 7) is 1.91.